The van der Waals surface area contributed by atoms with Crippen molar-refractivity contribution in [3.8, 4) is 0 Å². The van der Waals surface area contributed by atoms with E-state index in [1.165, 1.54) is 7.11 Å². The Morgan fingerprint density at radius 1 is 0.966 bits per heavy atom. The van der Waals surface area contributed by atoms with Crippen LogP contribution in [0, 0.1) is 5.92 Å². The van der Waals surface area contributed by atoms with Crippen LogP contribution < -0.4 is 10.6 Å². The Balaban J connectivity index is 2.28. The van der Waals surface area contributed by atoms with Crippen molar-refractivity contribution in [2.24, 2.45) is 5.92 Å². The summed E-state index contributed by atoms with van der Waals surface area (Å²) < 4.78 is 4.80. The maximum atomic E-state index is 12.9. The number of carbonyl (C=O) groups is 3. The van der Waals surface area contributed by atoms with E-state index in [-0.39, 0.29) is 11.6 Å². The molecule has 0 aliphatic carbocycles. The smallest absolute Gasteiger partial charge is 0.328 e. The fraction of sp³-hybridized carbons (Fsp3) is 0.261. The van der Waals surface area contributed by atoms with E-state index in [0.717, 1.165) is 5.56 Å². The van der Waals surface area contributed by atoms with Crippen molar-refractivity contribution >= 4 is 23.9 Å². The van der Waals surface area contributed by atoms with Crippen molar-refractivity contribution in [3.63, 3.8) is 0 Å². The molecule has 0 aliphatic rings. The molecule has 29 heavy (non-hydrogen) atoms. The number of ether oxygens (including phenoxy) is 1. The predicted molar refractivity (Wildman–Crippen MR) is 112 cm³/mol. The molecule has 0 fully saturated rings. The van der Waals surface area contributed by atoms with Crippen LogP contribution in [0.2, 0.25) is 0 Å². The minimum Gasteiger partial charge on any atom is -0.467 e. The number of nitrogens with one attached hydrogen (secondary N) is 2. The van der Waals surface area contributed by atoms with Crippen molar-refractivity contribution in [3.05, 3.63) is 77.5 Å². The maximum absolute atomic E-state index is 12.9. The molecule has 2 rings (SSSR count). The molecule has 0 bridgehead atoms. The molecule has 6 nitrogen and oxygen atoms in total. The van der Waals surface area contributed by atoms with Gasteiger partial charge in [-0.2, -0.15) is 0 Å². The van der Waals surface area contributed by atoms with Gasteiger partial charge in [-0.3, -0.25) is 9.59 Å². The molecule has 0 aromatic heterocycles. The topological polar surface area (TPSA) is 84.5 Å². The SMILES string of the molecule is COC(=O)[C@@H](CC(C)C)NC(=O)/C(=C\c1ccccc1)NC(=O)c1ccccc1. The highest BCUT2D eigenvalue weighted by molar-refractivity contribution is 6.06. The minimum absolute atomic E-state index is 0.0442. The van der Waals surface area contributed by atoms with Crippen LogP contribution in [0.4, 0.5) is 0 Å². The van der Waals surface area contributed by atoms with Gasteiger partial charge in [0.1, 0.15) is 11.7 Å². The second-order valence-corrected chi connectivity index (χ2v) is 6.97. The van der Waals surface area contributed by atoms with Gasteiger partial charge in [-0.25, -0.2) is 4.79 Å². The molecule has 0 unspecified atom stereocenters. The number of amides is 2. The lowest BCUT2D eigenvalue weighted by molar-refractivity contribution is -0.145. The van der Waals surface area contributed by atoms with Crippen LogP contribution in [0.25, 0.3) is 6.08 Å². The van der Waals surface area contributed by atoms with E-state index in [1.807, 2.05) is 44.2 Å². The summed E-state index contributed by atoms with van der Waals surface area (Å²) in [6, 6.07) is 16.9. The van der Waals surface area contributed by atoms with Gasteiger partial charge in [0.05, 0.1) is 7.11 Å². The summed E-state index contributed by atoms with van der Waals surface area (Å²) >= 11 is 0. The Hall–Kier alpha value is -3.41. The molecule has 152 valence electrons. The van der Waals surface area contributed by atoms with E-state index in [1.54, 1.807) is 36.4 Å². The molecule has 0 radical (unpaired) electrons. The van der Waals surface area contributed by atoms with Crippen molar-refractivity contribution in [1.29, 1.82) is 0 Å². The zero-order valence-corrected chi connectivity index (χ0v) is 16.8. The lowest BCUT2D eigenvalue weighted by atomic mass is 10.0. The quantitative estimate of drug-likeness (QED) is 0.532. The number of hydrogen-bond acceptors (Lipinski definition) is 4. The largest absolute Gasteiger partial charge is 0.467 e. The monoisotopic (exact) mass is 394 g/mol. The molecule has 2 aromatic rings. The molecular weight excluding hydrogens is 368 g/mol. The summed E-state index contributed by atoms with van der Waals surface area (Å²) in [5.41, 5.74) is 1.21. The Labute approximate surface area is 171 Å². The van der Waals surface area contributed by atoms with Gasteiger partial charge in [-0.1, -0.05) is 62.4 Å². The third-order valence-corrected chi connectivity index (χ3v) is 4.14. The van der Waals surface area contributed by atoms with Crippen molar-refractivity contribution < 1.29 is 19.1 Å². The minimum atomic E-state index is -0.805. The molecule has 0 heterocycles. The summed E-state index contributed by atoms with van der Waals surface area (Å²) in [7, 11) is 1.28. The van der Waals surface area contributed by atoms with Gasteiger partial charge in [-0.05, 0) is 36.1 Å². The summed E-state index contributed by atoms with van der Waals surface area (Å²) in [6.45, 7) is 3.89. The average Bonchev–Trinajstić information content (AvgIpc) is 2.73. The first-order valence-corrected chi connectivity index (χ1v) is 9.42. The summed E-state index contributed by atoms with van der Waals surface area (Å²) in [5.74, 6) is -1.34. The van der Waals surface area contributed by atoms with Crippen molar-refractivity contribution in [2.45, 2.75) is 26.3 Å². The van der Waals surface area contributed by atoms with Crippen LogP contribution in [0.3, 0.4) is 0 Å². The van der Waals surface area contributed by atoms with Gasteiger partial charge in [0.2, 0.25) is 0 Å². The van der Waals surface area contributed by atoms with Crippen molar-refractivity contribution in [1.82, 2.24) is 10.6 Å². The van der Waals surface area contributed by atoms with Gasteiger partial charge in [-0.15, -0.1) is 0 Å². The van der Waals surface area contributed by atoms with E-state index in [0.29, 0.717) is 12.0 Å². The number of rotatable bonds is 8. The molecule has 2 amide bonds. The third-order valence-electron chi connectivity index (χ3n) is 4.14. The zero-order chi connectivity index (χ0) is 21.2. The standard InChI is InChI=1S/C23H26N2O4/c1-16(2)14-20(23(28)29-3)25-22(27)19(15-17-10-6-4-7-11-17)24-21(26)18-12-8-5-9-13-18/h4-13,15-16,20H,14H2,1-3H3,(H,24,26)(H,25,27)/b19-15+/t20-/m1/s1. The van der Waals surface area contributed by atoms with Crippen LogP contribution in [-0.4, -0.2) is 30.9 Å². The first-order valence-electron chi connectivity index (χ1n) is 9.42. The van der Waals surface area contributed by atoms with Gasteiger partial charge >= 0.3 is 5.97 Å². The second kappa shape index (κ2) is 10.8. The van der Waals surface area contributed by atoms with Gasteiger partial charge in [0.25, 0.3) is 11.8 Å². The third kappa shape index (κ3) is 6.92. The highest BCUT2D eigenvalue weighted by Crippen LogP contribution is 2.10. The predicted octanol–water partition coefficient (Wildman–Crippen LogP) is 3.16. The van der Waals surface area contributed by atoms with Crippen LogP contribution in [0.5, 0.6) is 0 Å². The molecule has 1 atom stereocenters. The van der Waals surface area contributed by atoms with E-state index in [9.17, 15) is 14.4 Å². The van der Waals surface area contributed by atoms with Crippen LogP contribution in [0.1, 0.15) is 36.2 Å². The molecule has 6 heteroatoms. The summed E-state index contributed by atoms with van der Waals surface area (Å²) in [6.07, 6.45) is 1.99. The molecule has 0 saturated heterocycles. The Kier molecular flexibility index (Phi) is 8.15. The zero-order valence-electron chi connectivity index (χ0n) is 16.8. The lowest BCUT2D eigenvalue weighted by Crippen LogP contribution is -2.45. The van der Waals surface area contributed by atoms with E-state index < -0.39 is 23.8 Å². The summed E-state index contributed by atoms with van der Waals surface area (Å²) in [4.78, 5) is 37.6. The normalized spacial score (nSPS) is 12.2. The number of benzene rings is 2. The number of hydrogen-bond donors (Lipinski definition) is 2. The van der Waals surface area contributed by atoms with E-state index >= 15 is 0 Å². The number of carbonyl (C=O) groups excluding carboxylic acids is 3. The van der Waals surface area contributed by atoms with Gasteiger partial charge < -0.3 is 15.4 Å². The van der Waals surface area contributed by atoms with E-state index in [4.69, 9.17) is 4.74 Å². The maximum Gasteiger partial charge on any atom is 0.328 e. The lowest BCUT2D eigenvalue weighted by Gasteiger charge is -2.19. The van der Waals surface area contributed by atoms with Crippen molar-refractivity contribution in [2.75, 3.05) is 7.11 Å². The highest BCUT2D eigenvalue weighted by Gasteiger charge is 2.25. The van der Waals surface area contributed by atoms with Gasteiger partial charge in [0.15, 0.2) is 0 Å². The Morgan fingerprint density at radius 3 is 2.10 bits per heavy atom. The molecule has 2 N–H and O–H groups in total. The summed E-state index contributed by atoms with van der Waals surface area (Å²) in [5, 5.41) is 5.33. The fourth-order valence-electron chi connectivity index (χ4n) is 2.72. The van der Waals surface area contributed by atoms with Crippen LogP contribution in [-0.2, 0) is 14.3 Å². The average molecular weight is 394 g/mol. The first kappa shape index (κ1) is 21.9. The molecular formula is C23H26N2O4. The molecule has 0 saturated carbocycles. The van der Waals surface area contributed by atoms with E-state index in [2.05, 4.69) is 10.6 Å². The van der Waals surface area contributed by atoms with Gasteiger partial charge in [0, 0.05) is 5.56 Å². The Morgan fingerprint density at radius 2 is 1.55 bits per heavy atom. The molecule has 0 aliphatic heterocycles. The number of methoxy groups -OCH3 is 1. The number of esters is 1. The fourth-order valence-corrected chi connectivity index (χ4v) is 2.72. The Bertz CT molecular complexity index is 861. The molecule has 0 spiro atoms. The van der Waals surface area contributed by atoms with Crippen LogP contribution >= 0.6 is 0 Å². The highest BCUT2D eigenvalue weighted by atomic mass is 16.5. The second-order valence-electron chi connectivity index (χ2n) is 6.97. The van der Waals surface area contributed by atoms with Crippen LogP contribution in [0.15, 0.2) is 66.4 Å². The first-order chi connectivity index (χ1) is 13.9. The molecule has 2 aromatic carbocycles.